The van der Waals surface area contributed by atoms with Crippen molar-refractivity contribution in [3.8, 4) is 5.69 Å². The third-order valence-corrected chi connectivity index (χ3v) is 5.22. The fraction of sp³-hybridized carbons (Fsp3) is 0.300. The molecule has 1 N–H and O–H groups in total. The Bertz CT molecular complexity index is 1220. The average molecular weight is 478 g/mol. The van der Waals surface area contributed by atoms with Crippen molar-refractivity contribution in [1.29, 1.82) is 0 Å². The van der Waals surface area contributed by atoms with Gasteiger partial charge in [-0.25, -0.2) is 23.6 Å². The topological polar surface area (TPSA) is 93.2 Å². The van der Waals surface area contributed by atoms with E-state index in [-0.39, 0.29) is 29.4 Å². The van der Waals surface area contributed by atoms with Crippen LogP contribution in [0.5, 0.6) is 0 Å². The van der Waals surface area contributed by atoms with E-state index in [0.29, 0.717) is 12.4 Å². The molecule has 3 heterocycles. The van der Waals surface area contributed by atoms with Crippen LogP contribution in [0.15, 0.2) is 43.0 Å². The summed E-state index contributed by atoms with van der Waals surface area (Å²) in [6.45, 7) is 6.41. The van der Waals surface area contributed by atoms with Crippen LogP contribution in [0.1, 0.15) is 22.3 Å². The normalized spacial score (nSPS) is 17.4. The quantitative estimate of drug-likeness (QED) is 0.445. The first-order valence-corrected chi connectivity index (χ1v) is 9.80. The van der Waals surface area contributed by atoms with Crippen LogP contribution in [0.3, 0.4) is 0 Å². The van der Waals surface area contributed by atoms with Crippen LogP contribution >= 0.6 is 0 Å². The number of halogens is 5. The lowest BCUT2D eigenvalue weighted by atomic mass is 10.1. The maximum absolute atomic E-state index is 14.7. The largest absolute Gasteiger partial charge is 0.419 e. The number of hydrogen-bond acceptors (Lipinski definition) is 6. The van der Waals surface area contributed by atoms with Crippen molar-refractivity contribution in [2.75, 3.05) is 18.4 Å². The molecule has 1 unspecified atom stereocenters. The van der Waals surface area contributed by atoms with Crippen LogP contribution in [0.4, 0.5) is 33.6 Å². The third kappa shape index (κ3) is 4.49. The summed E-state index contributed by atoms with van der Waals surface area (Å²) in [5.74, 6) is -4.34. The Balaban J connectivity index is 1.59. The first-order chi connectivity index (χ1) is 16.1. The molecule has 0 aliphatic carbocycles. The number of likely N-dealkylation sites (tertiary alicyclic amines) is 1. The number of hydrogen-bond donors (Lipinski definition) is 1. The molecular weight excluding hydrogens is 463 g/mol. The molecule has 0 bridgehead atoms. The van der Waals surface area contributed by atoms with Gasteiger partial charge in [0.15, 0.2) is 5.69 Å². The van der Waals surface area contributed by atoms with Gasteiger partial charge in [-0.3, -0.25) is 4.79 Å². The number of nitrogens with zero attached hydrogens (tertiary/aromatic N) is 7. The predicted molar refractivity (Wildman–Crippen MR) is 108 cm³/mol. The molecule has 2 aromatic heterocycles. The van der Waals surface area contributed by atoms with Crippen molar-refractivity contribution in [3.05, 3.63) is 65.5 Å². The number of carbonyl (C=O) groups excluding carboxylic acids is 1. The van der Waals surface area contributed by atoms with E-state index in [2.05, 4.69) is 30.3 Å². The zero-order valence-electron chi connectivity index (χ0n) is 17.2. The molecule has 0 saturated carbocycles. The van der Waals surface area contributed by atoms with E-state index in [1.807, 2.05) is 0 Å². The highest BCUT2D eigenvalue weighted by Gasteiger charge is 2.51. The van der Waals surface area contributed by atoms with Crippen LogP contribution in [-0.2, 0) is 6.18 Å². The first kappa shape index (κ1) is 23.0. The monoisotopic (exact) mass is 478 g/mol. The molecule has 0 radical (unpaired) electrons. The number of alkyl halides is 5. The highest BCUT2D eigenvalue weighted by atomic mass is 19.4. The van der Waals surface area contributed by atoms with Crippen molar-refractivity contribution in [3.63, 3.8) is 0 Å². The van der Waals surface area contributed by atoms with E-state index < -0.39 is 42.6 Å². The van der Waals surface area contributed by atoms with Gasteiger partial charge >= 0.3 is 6.18 Å². The Labute approximate surface area is 189 Å². The minimum atomic E-state index is -4.64. The van der Waals surface area contributed by atoms with Crippen LogP contribution in [0.25, 0.3) is 10.5 Å². The second-order valence-electron chi connectivity index (χ2n) is 7.33. The number of anilines is 1. The second kappa shape index (κ2) is 8.65. The van der Waals surface area contributed by atoms with E-state index >= 15 is 0 Å². The molecule has 14 heteroatoms. The van der Waals surface area contributed by atoms with Crippen molar-refractivity contribution in [2.45, 2.75) is 24.6 Å². The van der Waals surface area contributed by atoms with E-state index in [9.17, 15) is 26.7 Å². The Morgan fingerprint density at radius 2 is 1.88 bits per heavy atom. The first-order valence-electron chi connectivity index (χ1n) is 9.80. The summed E-state index contributed by atoms with van der Waals surface area (Å²) in [6, 6.07) is 2.52. The van der Waals surface area contributed by atoms with Gasteiger partial charge in [0.05, 0.1) is 35.8 Å². The van der Waals surface area contributed by atoms with Crippen LogP contribution < -0.4 is 5.32 Å². The van der Waals surface area contributed by atoms with Gasteiger partial charge < -0.3 is 10.2 Å². The molecule has 4 rings (SSSR count). The molecule has 34 heavy (non-hydrogen) atoms. The summed E-state index contributed by atoms with van der Waals surface area (Å²) in [4.78, 5) is 25.7. The zero-order valence-corrected chi connectivity index (χ0v) is 17.2. The van der Waals surface area contributed by atoms with E-state index in [0.717, 1.165) is 9.70 Å². The van der Waals surface area contributed by atoms with Crippen LogP contribution in [-0.4, -0.2) is 60.8 Å². The van der Waals surface area contributed by atoms with E-state index in [1.165, 1.54) is 30.6 Å². The van der Waals surface area contributed by atoms with Gasteiger partial charge in [-0.1, -0.05) is 6.07 Å². The number of rotatable bonds is 5. The minimum absolute atomic E-state index is 0.0434. The lowest BCUT2D eigenvalue weighted by Gasteiger charge is -2.28. The molecule has 1 aliphatic heterocycles. The lowest BCUT2D eigenvalue weighted by molar-refractivity contribution is -0.138. The smallest absolute Gasteiger partial charge is 0.352 e. The van der Waals surface area contributed by atoms with Gasteiger partial charge in [0.2, 0.25) is 5.95 Å². The van der Waals surface area contributed by atoms with E-state index in [1.54, 1.807) is 0 Å². The summed E-state index contributed by atoms with van der Waals surface area (Å²) >= 11 is 0. The molecule has 0 spiro atoms. The van der Waals surface area contributed by atoms with Gasteiger partial charge in [0, 0.05) is 31.9 Å². The average Bonchev–Trinajstić information content (AvgIpc) is 3.44. The van der Waals surface area contributed by atoms with Crippen LogP contribution in [0, 0.1) is 6.57 Å². The number of carbonyl (C=O) groups is 1. The summed E-state index contributed by atoms with van der Waals surface area (Å²) in [5, 5.41) is 10.4. The number of nitrogens with one attached hydrogen (secondary N) is 1. The summed E-state index contributed by atoms with van der Waals surface area (Å²) in [5.41, 5.74) is -0.799. The van der Waals surface area contributed by atoms with Crippen molar-refractivity contribution in [2.24, 2.45) is 0 Å². The molecule has 1 aromatic carbocycles. The predicted octanol–water partition coefficient (Wildman–Crippen LogP) is 3.59. The SMILES string of the molecule is [C-]#[N+]c1ccc(-n2nccn2)c(C(=O)N2CCC(F)(F)C2CNc2ncc(C(F)(F)F)cn2)c1. The number of benzene rings is 1. The molecule has 176 valence electrons. The third-order valence-electron chi connectivity index (χ3n) is 5.22. The molecule has 1 fully saturated rings. The molecule has 9 nitrogen and oxygen atoms in total. The molecule has 1 amide bonds. The number of aromatic nitrogens is 5. The molecule has 1 aliphatic rings. The maximum atomic E-state index is 14.7. The highest BCUT2D eigenvalue weighted by molar-refractivity contribution is 5.99. The maximum Gasteiger partial charge on any atom is 0.419 e. The van der Waals surface area contributed by atoms with Gasteiger partial charge in [-0.2, -0.15) is 28.2 Å². The lowest BCUT2D eigenvalue weighted by Crippen LogP contribution is -2.47. The zero-order chi connectivity index (χ0) is 24.5. The fourth-order valence-electron chi connectivity index (χ4n) is 3.51. The Hall–Kier alpha value is -4.15. The molecule has 1 atom stereocenters. The summed E-state index contributed by atoms with van der Waals surface area (Å²) < 4.78 is 67.4. The molecular formula is C20H15F5N8O. The van der Waals surface area contributed by atoms with E-state index in [4.69, 9.17) is 6.57 Å². The fourth-order valence-corrected chi connectivity index (χ4v) is 3.51. The van der Waals surface area contributed by atoms with Crippen molar-refractivity contribution in [1.82, 2.24) is 29.9 Å². The van der Waals surface area contributed by atoms with Crippen molar-refractivity contribution < 1.29 is 26.7 Å². The Morgan fingerprint density at radius 3 is 2.50 bits per heavy atom. The summed E-state index contributed by atoms with van der Waals surface area (Å²) in [7, 11) is 0. The Kier molecular flexibility index (Phi) is 5.86. The number of amides is 1. The Morgan fingerprint density at radius 1 is 1.21 bits per heavy atom. The molecule has 1 saturated heterocycles. The highest BCUT2D eigenvalue weighted by Crippen LogP contribution is 2.36. The van der Waals surface area contributed by atoms with Gasteiger partial charge in [-0.15, -0.1) is 0 Å². The summed E-state index contributed by atoms with van der Waals surface area (Å²) in [6.07, 6.45) is -1.44. The van der Waals surface area contributed by atoms with Gasteiger partial charge in [-0.05, 0) is 12.1 Å². The molecule has 3 aromatic rings. The second-order valence-corrected chi connectivity index (χ2v) is 7.33. The standard InChI is InChI=1S/C20H15F5N8O/c1-26-13-2-3-15(33-30-5-6-31-33)14(8-13)17(34)32-7-4-19(21,22)16(32)11-29-18-27-9-12(10-28-18)20(23,24)25/h2-3,5-6,8-10,16H,4,7,11H2,(H,27,28,29). The van der Waals surface area contributed by atoms with Gasteiger partial charge in [0.1, 0.15) is 6.04 Å². The van der Waals surface area contributed by atoms with Gasteiger partial charge in [0.25, 0.3) is 11.8 Å². The van der Waals surface area contributed by atoms with Crippen LogP contribution in [0.2, 0.25) is 0 Å². The van der Waals surface area contributed by atoms with Crippen molar-refractivity contribution >= 4 is 17.5 Å². The minimum Gasteiger partial charge on any atom is -0.352 e.